The van der Waals surface area contributed by atoms with E-state index in [0.717, 1.165) is 5.41 Å². The number of rotatable bonds is 7. The molecule has 0 spiro atoms. The van der Waals surface area contributed by atoms with Gasteiger partial charge in [0, 0.05) is 41.0 Å². The summed E-state index contributed by atoms with van der Waals surface area (Å²) in [5.74, 6) is -0.198. The first-order valence-corrected chi connectivity index (χ1v) is 10.7. The minimum atomic E-state index is -3.72. The third-order valence-electron chi connectivity index (χ3n) is 4.47. The van der Waals surface area contributed by atoms with Crippen LogP contribution in [0.5, 0.6) is 11.5 Å². The van der Waals surface area contributed by atoms with Crippen molar-refractivity contribution < 1.29 is 17.5 Å². The average Bonchev–Trinajstić information content (AvgIpc) is 2.72. The highest BCUT2D eigenvalue weighted by atomic mass is 32.2. The minimum absolute atomic E-state index is 0.0266. The van der Waals surface area contributed by atoms with E-state index in [4.69, 9.17) is 4.74 Å². The van der Waals surface area contributed by atoms with Gasteiger partial charge in [0.2, 0.25) is 0 Å². The molecule has 0 radical (unpaired) electrons. The first kappa shape index (κ1) is 21.3. The Labute approximate surface area is 174 Å². The molecule has 1 aromatic heterocycles. The number of para-hydroxylation sites is 1. The number of nitrogens with zero attached hydrogens (tertiary/aromatic N) is 1. The van der Waals surface area contributed by atoms with Gasteiger partial charge in [-0.15, -0.1) is 0 Å². The number of pyridine rings is 1. The van der Waals surface area contributed by atoms with Crippen molar-refractivity contribution in [2.45, 2.75) is 13.3 Å². The zero-order valence-corrected chi connectivity index (χ0v) is 17.4. The summed E-state index contributed by atoms with van der Waals surface area (Å²) in [6.45, 7) is 5.15. The van der Waals surface area contributed by atoms with E-state index in [-0.39, 0.29) is 17.0 Å². The van der Waals surface area contributed by atoms with Gasteiger partial charge < -0.3 is 9.30 Å². The first-order chi connectivity index (χ1) is 14.2. The van der Waals surface area contributed by atoms with E-state index in [1.165, 1.54) is 22.8 Å². The minimum Gasteiger partial charge on any atom is -0.454 e. The molecule has 2 aromatic carbocycles. The normalized spacial score (nSPS) is 11.2. The third kappa shape index (κ3) is 4.60. The number of sulfonamides is 1. The van der Waals surface area contributed by atoms with Gasteiger partial charge in [0.1, 0.15) is 5.75 Å². The van der Waals surface area contributed by atoms with Crippen LogP contribution in [0.15, 0.2) is 71.5 Å². The van der Waals surface area contributed by atoms with Gasteiger partial charge in [-0.05, 0) is 42.8 Å². The molecule has 0 amide bonds. The first-order valence-electron chi connectivity index (χ1n) is 9.15. The highest BCUT2D eigenvalue weighted by Gasteiger charge is 2.15. The lowest BCUT2D eigenvalue weighted by Gasteiger charge is -2.15. The molecule has 1 N–H and O–H groups in total. The molecule has 0 saturated heterocycles. The molecule has 0 saturated carbocycles. The van der Waals surface area contributed by atoms with Crippen LogP contribution in [0.3, 0.4) is 0 Å². The highest BCUT2D eigenvalue weighted by molar-refractivity contribution is 7.95. The molecule has 3 rings (SSSR count). The zero-order chi connectivity index (χ0) is 21.9. The van der Waals surface area contributed by atoms with Crippen LogP contribution in [-0.4, -0.2) is 13.0 Å². The van der Waals surface area contributed by atoms with Crippen molar-refractivity contribution in [1.29, 1.82) is 0 Å². The lowest BCUT2D eigenvalue weighted by atomic mass is 10.0. The van der Waals surface area contributed by atoms with Crippen LogP contribution in [0, 0.1) is 5.82 Å². The molecule has 0 aliphatic heterocycles. The molecule has 0 fully saturated rings. The number of benzene rings is 2. The summed E-state index contributed by atoms with van der Waals surface area (Å²) in [4.78, 5) is 12.3. The Morgan fingerprint density at radius 2 is 1.90 bits per heavy atom. The lowest BCUT2D eigenvalue weighted by molar-refractivity contribution is 0.443. The van der Waals surface area contributed by atoms with Gasteiger partial charge in [0.25, 0.3) is 15.6 Å². The second-order valence-corrected chi connectivity index (χ2v) is 8.21. The van der Waals surface area contributed by atoms with E-state index < -0.39 is 15.8 Å². The van der Waals surface area contributed by atoms with Gasteiger partial charge in [-0.3, -0.25) is 9.52 Å². The van der Waals surface area contributed by atoms with Crippen LogP contribution in [0.25, 0.3) is 11.1 Å². The standard InChI is InChI=1S/C22H21FN2O4S/c1-4-15-12-16(14-25(3)22(15)26)18-13-17(24-30(27,28)5-2)10-11-20(18)29-21-9-7-6-8-19(21)23/h5-14,24H,2,4H2,1,3H3. The van der Waals surface area contributed by atoms with Gasteiger partial charge in [-0.2, -0.15) is 0 Å². The molecule has 0 atom stereocenters. The smallest absolute Gasteiger partial charge is 0.254 e. The van der Waals surface area contributed by atoms with Gasteiger partial charge in [0.15, 0.2) is 11.6 Å². The number of hydrogen-bond acceptors (Lipinski definition) is 4. The van der Waals surface area contributed by atoms with Gasteiger partial charge in [-0.25, -0.2) is 12.8 Å². The van der Waals surface area contributed by atoms with Crippen molar-refractivity contribution in [3.8, 4) is 22.6 Å². The lowest BCUT2D eigenvalue weighted by Crippen LogP contribution is -2.20. The van der Waals surface area contributed by atoms with E-state index in [0.29, 0.717) is 28.9 Å². The molecule has 30 heavy (non-hydrogen) atoms. The van der Waals surface area contributed by atoms with E-state index in [1.807, 2.05) is 6.92 Å². The van der Waals surface area contributed by atoms with Crippen molar-refractivity contribution in [3.05, 3.63) is 88.4 Å². The Balaban J connectivity index is 2.18. The molecule has 0 aliphatic carbocycles. The second kappa shape index (κ2) is 8.54. The third-order valence-corrected chi connectivity index (χ3v) is 5.42. The summed E-state index contributed by atoms with van der Waals surface area (Å²) in [7, 11) is -2.09. The quantitative estimate of drug-likeness (QED) is 0.604. The number of halogens is 1. The maximum atomic E-state index is 14.1. The number of nitrogens with one attached hydrogen (secondary N) is 1. The molecule has 0 unspecified atom stereocenters. The molecule has 1 heterocycles. The number of hydrogen-bond donors (Lipinski definition) is 1. The maximum absolute atomic E-state index is 14.1. The van der Waals surface area contributed by atoms with Crippen molar-refractivity contribution in [2.75, 3.05) is 4.72 Å². The van der Waals surface area contributed by atoms with Gasteiger partial charge in [0.05, 0.1) is 0 Å². The monoisotopic (exact) mass is 428 g/mol. The van der Waals surface area contributed by atoms with Crippen molar-refractivity contribution in [2.24, 2.45) is 7.05 Å². The highest BCUT2D eigenvalue weighted by Crippen LogP contribution is 2.36. The van der Waals surface area contributed by atoms with Crippen LogP contribution in [0.1, 0.15) is 12.5 Å². The Morgan fingerprint density at radius 1 is 1.17 bits per heavy atom. The molecular formula is C22H21FN2O4S. The van der Waals surface area contributed by atoms with Crippen LogP contribution in [-0.2, 0) is 23.5 Å². The van der Waals surface area contributed by atoms with E-state index >= 15 is 0 Å². The van der Waals surface area contributed by atoms with Crippen molar-refractivity contribution >= 4 is 15.7 Å². The predicted molar refractivity (Wildman–Crippen MR) is 116 cm³/mol. The SMILES string of the molecule is C=CS(=O)(=O)Nc1ccc(Oc2ccccc2F)c(-c2cc(CC)c(=O)n(C)c2)c1. The van der Waals surface area contributed by atoms with Crippen molar-refractivity contribution in [1.82, 2.24) is 4.57 Å². The summed E-state index contributed by atoms with van der Waals surface area (Å²) in [6.07, 6.45) is 2.14. The Morgan fingerprint density at radius 3 is 2.57 bits per heavy atom. The van der Waals surface area contributed by atoms with E-state index in [9.17, 15) is 17.6 Å². The maximum Gasteiger partial charge on any atom is 0.254 e. The summed E-state index contributed by atoms with van der Waals surface area (Å²) in [5, 5.41) is 0.803. The number of aromatic nitrogens is 1. The van der Waals surface area contributed by atoms with Gasteiger partial charge >= 0.3 is 0 Å². The van der Waals surface area contributed by atoms with Crippen molar-refractivity contribution in [3.63, 3.8) is 0 Å². The number of ether oxygens (including phenoxy) is 1. The second-order valence-electron chi connectivity index (χ2n) is 6.58. The van der Waals surface area contributed by atoms with Crippen LogP contribution in [0.4, 0.5) is 10.1 Å². The molecule has 3 aromatic rings. The van der Waals surface area contributed by atoms with Crippen LogP contribution < -0.4 is 15.0 Å². The summed E-state index contributed by atoms with van der Waals surface area (Å²) in [5.41, 5.74) is 1.86. The van der Waals surface area contributed by atoms with Gasteiger partial charge in [-0.1, -0.05) is 25.6 Å². The fourth-order valence-corrected chi connectivity index (χ4v) is 3.48. The largest absolute Gasteiger partial charge is 0.454 e. The Kier molecular flexibility index (Phi) is 6.07. The summed E-state index contributed by atoms with van der Waals surface area (Å²) < 4.78 is 47.5. The molecule has 6 nitrogen and oxygen atoms in total. The molecular weight excluding hydrogens is 407 g/mol. The molecule has 8 heteroatoms. The van der Waals surface area contributed by atoms with E-state index in [2.05, 4.69) is 11.3 Å². The topological polar surface area (TPSA) is 77.4 Å². The number of aryl methyl sites for hydroxylation is 2. The summed E-state index contributed by atoms with van der Waals surface area (Å²) >= 11 is 0. The Bertz CT molecular complexity index is 1270. The fourth-order valence-electron chi connectivity index (χ4n) is 2.94. The molecule has 0 aliphatic rings. The number of anilines is 1. The van der Waals surface area contributed by atoms with E-state index in [1.54, 1.807) is 43.6 Å². The zero-order valence-electron chi connectivity index (χ0n) is 16.6. The van der Waals surface area contributed by atoms with Crippen LogP contribution in [0.2, 0.25) is 0 Å². The molecule has 156 valence electrons. The fraction of sp³-hybridized carbons (Fsp3) is 0.136. The average molecular weight is 428 g/mol. The molecule has 0 bridgehead atoms. The Hall–Kier alpha value is -3.39. The predicted octanol–water partition coefficient (Wildman–Crippen LogP) is 4.43. The summed E-state index contributed by atoms with van der Waals surface area (Å²) in [6, 6.07) is 12.3. The van der Waals surface area contributed by atoms with Crippen LogP contribution >= 0.6 is 0 Å².